The summed E-state index contributed by atoms with van der Waals surface area (Å²) in [4.78, 5) is 26.1. The van der Waals surface area contributed by atoms with Crippen LogP contribution in [-0.2, 0) is 13.1 Å². The van der Waals surface area contributed by atoms with E-state index in [9.17, 15) is 4.79 Å². The molecule has 1 saturated heterocycles. The van der Waals surface area contributed by atoms with Crippen molar-refractivity contribution in [1.29, 1.82) is 0 Å². The molecule has 3 aromatic heterocycles. The summed E-state index contributed by atoms with van der Waals surface area (Å²) < 4.78 is 9.28. The highest BCUT2D eigenvalue weighted by molar-refractivity contribution is 7.19. The highest BCUT2D eigenvalue weighted by Gasteiger charge is 2.24. The molecule has 7 nitrogen and oxygen atoms in total. The van der Waals surface area contributed by atoms with Gasteiger partial charge in [0.05, 0.1) is 0 Å². The lowest BCUT2D eigenvalue weighted by molar-refractivity contribution is 0.0615. The van der Waals surface area contributed by atoms with Gasteiger partial charge in [-0.1, -0.05) is 30.3 Å². The Morgan fingerprint density at radius 3 is 2.66 bits per heavy atom. The lowest BCUT2D eigenvalue weighted by Gasteiger charge is -2.34. The summed E-state index contributed by atoms with van der Waals surface area (Å²) in [6.07, 6.45) is 3.75. The maximum absolute atomic E-state index is 12.8. The summed E-state index contributed by atoms with van der Waals surface area (Å²) in [5.41, 5.74) is 1.81. The number of carbonyl (C=O) groups excluding carboxylic acids is 1. The molecule has 1 aliphatic rings. The molecule has 9 heteroatoms. The van der Waals surface area contributed by atoms with E-state index in [0.29, 0.717) is 25.4 Å². The van der Waals surface area contributed by atoms with Crippen LogP contribution in [0.25, 0.3) is 15.0 Å². The van der Waals surface area contributed by atoms with Crippen LogP contribution in [0.2, 0.25) is 0 Å². The Morgan fingerprint density at radius 1 is 1.05 bits per heavy atom. The number of rotatable bonds is 9. The van der Waals surface area contributed by atoms with Gasteiger partial charge in [-0.3, -0.25) is 19.0 Å². The Labute approximate surface area is 230 Å². The van der Waals surface area contributed by atoms with E-state index in [1.807, 2.05) is 38.4 Å². The molecule has 6 rings (SSSR count). The lowest BCUT2D eigenvalue weighted by Crippen LogP contribution is -2.49. The molecule has 0 spiro atoms. The minimum atomic E-state index is 0.0198. The van der Waals surface area contributed by atoms with E-state index in [2.05, 4.69) is 76.4 Å². The molecule has 0 radical (unpaired) electrons. The van der Waals surface area contributed by atoms with Crippen LogP contribution in [0.4, 0.5) is 0 Å². The van der Waals surface area contributed by atoms with Gasteiger partial charge in [-0.15, -0.1) is 22.7 Å². The van der Waals surface area contributed by atoms with E-state index in [1.54, 1.807) is 11.3 Å². The number of amides is 1. The van der Waals surface area contributed by atoms with Gasteiger partial charge in [-0.05, 0) is 42.3 Å². The normalized spacial score (nSPS) is 14.6. The summed E-state index contributed by atoms with van der Waals surface area (Å²) in [5.74, 6) is 0.917. The molecule has 1 aliphatic heterocycles. The summed E-state index contributed by atoms with van der Waals surface area (Å²) in [7, 11) is 2.17. The van der Waals surface area contributed by atoms with Crippen molar-refractivity contribution in [1.82, 2.24) is 24.1 Å². The average molecular weight is 546 g/mol. The molecule has 196 valence electrons. The Bertz CT molecular complexity index is 1450. The quantitative estimate of drug-likeness (QED) is 0.259. The topological polar surface area (TPSA) is 53.3 Å². The van der Waals surface area contributed by atoms with Crippen LogP contribution in [0.3, 0.4) is 0 Å². The van der Waals surface area contributed by atoms with Crippen molar-refractivity contribution in [3.63, 3.8) is 0 Å². The number of thiophene rings is 1. The number of piperazine rings is 1. The zero-order valence-electron chi connectivity index (χ0n) is 21.5. The number of nitrogens with zero attached hydrogens (tertiary/aromatic N) is 5. The first-order valence-corrected chi connectivity index (χ1v) is 14.6. The van der Waals surface area contributed by atoms with Crippen LogP contribution in [0.1, 0.15) is 20.9 Å². The first-order chi connectivity index (χ1) is 18.6. The molecule has 1 amide bonds. The van der Waals surface area contributed by atoms with Crippen molar-refractivity contribution in [2.45, 2.75) is 13.1 Å². The van der Waals surface area contributed by atoms with Crippen molar-refractivity contribution in [2.24, 2.45) is 0 Å². The number of aromatic nitrogens is 2. The third kappa shape index (κ3) is 5.76. The molecule has 0 unspecified atom stereocenters. The lowest BCUT2D eigenvalue weighted by atomic mass is 10.2. The van der Waals surface area contributed by atoms with E-state index in [-0.39, 0.29) is 5.91 Å². The van der Waals surface area contributed by atoms with Gasteiger partial charge >= 0.3 is 0 Å². The fourth-order valence-electron chi connectivity index (χ4n) is 4.90. The largest absolute Gasteiger partial charge is 0.492 e. The van der Waals surface area contributed by atoms with Crippen molar-refractivity contribution in [3.8, 4) is 5.75 Å². The van der Waals surface area contributed by atoms with Crippen LogP contribution < -0.4 is 4.74 Å². The summed E-state index contributed by atoms with van der Waals surface area (Å²) in [5, 5.41) is 3.30. The van der Waals surface area contributed by atoms with Gasteiger partial charge in [0.15, 0.2) is 4.96 Å². The van der Waals surface area contributed by atoms with Gasteiger partial charge in [0, 0.05) is 73.2 Å². The Balaban J connectivity index is 0.917. The number of hydrogen-bond acceptors (Lipinski definition) is 7. The predicted molar refractivity (Wildman–Crippen MR) is 154 cm³/mol. The second-order valence-electron chi connectivity index (χ2n) is 9.77. The van der Waals surface area contributed by atoms with Crippen LogP contribution >= 0.6 is 22.7 Å². The molecule has 0 atom stereocenters. The maximum Gasteiger partial charge on any atom is 0.274 e. The Hall–Kier alpha value is -3.24. The summed E-state index contributed by atoms with van der Waals surface area (Å²) in [6, 6.07) is 19.3. The van der Waals surface area contributed by atoms with Gasteiger partial charge in [0.1, 0.15) is 18.1 Å². The van der Waals surface area contributed by atoms with Crippen molar-refractivity contribution in [3.05, 3.63) is 88.5 Å². The van der Waals surface area contributed by atoms with Gasteiger partial charge in [-0.25, -0.2) is 4.98 Å². The molecule has 2 aromatic carbocycles. The zero-order chi connectivity index (χ0) is 25.9. The number of hydrogen-bond donors (Lipinski definition) is 0. The fraction of sp³-hybridized carbons (Fsp3) is 0.310. The van der Waals surface area contributed by atoms with Gasteiger partial charge in [-0.2, -0.15) is 0 Å². The van der Waals surface area contributed by atoms with E-state index in [1.165, 1.54) is 20.5 Å². The SMILES string of the molecule is CN(Cc1ccc(OCCN2CCN(C(=O)c3cn4ccsc4n3)CC2)cc1)Cc1cc2ccccc2s1. The zero-order valence-corrected chi connectivity index (χ0v) is 23.1. The van der Waals surface area contributed by atoms with E-state index in [4.69, 9.17) is 4.74 Å². The van der Waals surface area contributed by atoms with Gasteiger partial charge < -0.3 is 9.64 Å². The van der Waals surface area contributed by atoms with Crippen LogP contribution in [0, 0.1) is 0 Å². The number of carbonyl (C=O) groups is 1. The second kappa shape index (κ2) is 11.2. The molecular formula is C29H31N5O2S2. The smallest absolute Gasteiger partial charge is 0.274 e. The highest BCUT2D eigenvalue weighted by Crippen LogP contribution is 2.26. The minimum Gasteiger partial charge on any atom is -0.492 e. The fourth-order valence-corrected chi connectivity index (χ4v) is 6.74. The first-order valence-electron chi connectivity index (χ1n) is 12.9. The van der Waals surface area contributed by atoms with E-state index < -0.39 is 0 Å². The highest BCUT2D eigenvalue weighted by atomic mass is 32.1. The molecule has 0 saturated carbocycles. The number of ether oxygens (including phenoxy) is 1. The molecule has 0 bridgehead atoms. The third-order valence-electron chi connectivity index (χ3n) is 6.93. The van der Waals surface area contributed by atoms with Crippen molar-refractivity contribution < 1.29 is 9.53 Å². The summed E-state index contributed by atoms with van der Waals surface area (Å²) in [6.45, 7) is 6.45. The Morgan fingerprint density at radius 2 is 1.87 bits per heavy atom. The number of fused-ring (bicyclic) bond motifs is 2. The molecule has 0 N–H and O–H groups in total. The van der Waals surface area contributed by atoms with Crippen molar-refractivity contribution in [2.75, 3.05) is 46.4 Å². The average Bonchev–Trinajstić information content (AvgIpc) is 3.64. The number of imidazole rings is 1. The maximum atomic E-state index is 12.8. The molecular weight excluding hydrogens is 514 g/mol. The summed E-state index contributed by atoms with van der Waals surface area (Å²) >= 11 is 3.41. The van der Waals surface area contributed by atoms with Crippen LogP contribution in [0.15, 0.2) is 72.4 Å². The Kier molecular flexibility index (Phi) is 7.42. The van der Waals surface area contributed by atoms with E-state index >= 15 is 0 Å². The third-order valence-corrected chi connectivity index (χ3v) is 8.80. The number of benzene rings is 2. The van der Waals surface area contributed by atoms with Crippen LogP contribution in [0.5, 0.6) is 5.75 Å². The molecule has 5 aromatic rings. The van der Waals surface area contributed by atoms with Gasteiger partial charge in [0.25, 0.3) is 5.91 Å². The molecule has 1 fully saturated rings. The van der Waals surface area contributed by atoms with Gasteiger partial charge in [0.2, 0.25) is 0 Å². The standard InChI is InChI=1S/C29H31N5O2S2/c1-31(20-25-18-23-4-2-3-5-27(23)38-25)19-22-6-8-24(9-7-22)36-16-14-32-10-12-33(13-11-32)28(35)26-21-34-15-17-37-29(34)30-26/h2-9,15,17-18,21H,10-14,16,19-20H2,1H3. The van der Waals surface area contributed by atoms with E-state index in [0.717, 1.165) is 43.4 Å². The first kappa shape index (κ1) is 25.1. The van der Waals surface area contributed by atoms with Crippen molar-refractivity contribution >= 4 is 43.6 Å². The molecule has 38 heavy (non-hydrogen) atoms. The minimum absolute atomic E-state index is 0.0198. The molecule has 4 heterocycles. The number of thiazole rings is 1. The second-order valence-corrected chi connectivity index (χ2v) is 11.8. The van der Waals surface area contributed by atoms with Crippen LogP contribution in [-0.4, -0.2) is 76.4 Å². The monoisotopic (exact) mass is 545 g/mol. The predicted octanol–water partition coefficient (Wildman–Crippen LogP) is 5.08. The molecule has 0 aliphatic carbocycles.